The molecule has 1 aromatic rings. The molecule has 0 heterocycles. The zero-order valence-corrected chi connectivity index (χ0v) is 12.2. The number of benzene rings is 1. The molecule has 0 fully saturated rings. The Balaban J connectivity index is 2.61. The average Bonchev–Trinajstić information content (AvgIpc) is 2.44. The molecule has 6 nitrogen and oxygen atoms in total. The molecule has 1 aromatic carbocycles. The van der Waals surface area contributed by atoms with E-state index in [1.807, 2.05) is 0 Å². The van der Waals surface area contributed by atoms with Gasteiger partial charge in [-0.05, 0) is 19.1 Å². The Morgan fingerprint density at radius 1 is 1.22 bits per heavy atom. The number of ether oxygens (including phenoxy) is 2. The fourth-order valence-corrected chi connectivity index (χ4v) is 1.65. The van der Waals surface area contributed by atoms with E-state index < -0.39 is 37.1 Å². The molecule has 1 amide bonds. The SMILES string of the molecule is CCOc1ccccc1OCC(=O)NC(CC(F)(F)F)C(=O)O. The van der Waals surface area contributed by atoms with Crippen LogP contribution in [0.25, 0.3) is 0 Å². The van der Waals surface area contributed by atoms with Gasteiger partial charge in [0, 0.05) is 0 Å². The molecule has 1 rings (SSSR count). The number of para-hydroxylation sites is 2. The first-order chi connectivity index (χ1) is 10.7. The molecule has 23 heavy (non-hydrogen) atoms. The van der Waals surface area contributed by atoms with Crippen LogP contribution in [0.1, 0.15) is 13.3 Å². The fourth-order valence-electron chi connectivity index (χ4n) is 1.65. The third-order valence-electron chi connectivity index (χ3n) is 2.58. The van der Waals surface area contributed by atoms with Crippen LogP contribution in [0.4, 0.5) is 13.2 Å². The number of carbonyl (C=O) groups is 2. The second-order valence-electron chi connectivity index (χ2n) is 4.45. The van der Waals surface area contributed by atoms with Crippen molar-refractivity contribution in [1.29, 1.82) is 0 Å². The van der Waals surface area contributed by atoms with Crippen LogP contribution in [-0.4, -0.2) is 42.4 Å². The zero-order chi connectivity index (χ0) is 17.5. The first kappa shape index (κ1) is 18.6. The highest BCUT2D eigenvalue weighted by Crippen LogP contribution is 2.26. The molecule has 0 aliphatic heterocycles. The van der Waals surface area contributed by atoms with Gasteiger partial charge >= 0.3 is 12.1 Å². The maximum absolute atomic E-state index is 12.2. The minimum absolute atomic E-state index is 0.229. The molecule has 9 heteroatoms. The second kappa shape index (κ2) is 8.25. The highest BCUT2D eigenvalue weighted by Gasteiger charge is 2.36. The summed E-state index contributed by atoms with van der Waals surface area (Å²) >= 11 is 0. The Labute approximate surface area is 130 Å². The van der Waals surface area contributed by atoms with E-state index in [2.05, 4.69) is 0 Å². The summed E-state index contributed by atoms with van der Waals surface area (Å²) in [5.41, 5.74) is 0. The van der Waals surface area contributed by atoms with Gasteiger partial charge in [-0.25, -0.2) is 4.79 Å². The van der Waals surface area contributed by atoms with Crippen molar-refractivity contribution in [2.75, 3.05) is 13.2 Å². The van der Waals surface area contributed by atoms with Crippen LogP contribution in [0.3, 0.4) is 0 Å². The molecule has 2 N–H and O–H groups in total. The number of nitrogens with one attached hydrogen (secondary N) is 1. The number of carboxylic acid groups (broad SMARTS) is 1. The second-order valence-corrected chi connectivity index (χ2v) is 4.45. The third-order valence-corrected chi connectivity index (χ3v) is 2.58. The predicted octanol–water partition coefficient (Wildman–Crippen LogP) is 1.99. The van der Waals surface area contributed by atoms with Gasteiger partial charge in [-0.1, -0.05) is 12.1 Å². The normalized spacial score (nSPS) is 12.3. The Kier molecular flexibility index (Phi) is 6.67. The Morgan fingerprint density at radius 3 is 2.26 bits per heavy atom. The summed E-state index contributed by atoms with van der Waals surface area (Å²) in [7, 11) is 0. The molecule has 0 saturated carbocycles. The van der Waals surface area contributed by atoms with Crippen LogP contribution in [-0.2, 0) is 9.59 Å². The van der Waals surface area contributed by atoms with E-state index in [0.717, 1.165) is 0 Å². The number of carbonyl (C=O) groups excluding carboxylic acids is 1. The van der Waals surface area contributed by atoms with Crippen molar-refractivity contribution in [3.05, 3.63) is 24.3 Å². The number of rotatable bonds is 8. The van der Waals surface area contributed by atoms with Gasteiger partial charge in [-0.15, -0.1) is 0 Å². The Hall–Kier alpha value is -2.45. The topological polar surface area (TPSA) is 84.9 Å². The van der Waals surface area contributed by atoms with Crippen molar-refractivity contribution < 1.29 is 37.3 Å². The summed E-state index contributed by atoms with van der Waals surface area (Å²) in [6.45, 7) is 1.48. The maximum Gasteiger partial charge on any atom is 0.391 e. The van der Waals surface area contributed by atoms with Crippen molar-refractivity contribution >= 4 is 11.9 Å². The van der Waals surface area contributed by atoms with Crippen molar-refractivity contribution in [2.24, 2.45) is 0 Å². The first-order valence-electron chi connectivity index (χ1n) is 6.66. The van der Waals surface area contributed by atoms with Gasteiger partial charge in [0.05, 0.1) is 13.0 Å². The first-order valence-corrected chi connectivity index (χ1v) is 6.66. The Morgan fingerprint density at radius 2 is 1.78 bits per heavy atom. The predicted molar refractivity (Wildman–Crippen MR) is 73.3 cm³/mol. The van der Waals surface area contributed by atoms with Crippen molar-refractivity contribution in [1.82, 2.24) is 5.32 Å². The lowest BCUT2D eigenvalue weighted by molar-refractivity contribution is -0.160. The van der Waals surface area contributed by atoms with E-state index in [0.29, 0.717) is 12.4 Å². The van der Waals surface area contributed by atoms with Gasteiger partial charge in [-0.3, -0.25) is 4.79 Å². The quantitative estimate of drug-likeness (QED) is 0.759. The third kappa shape index (κ3) is 6.90. The minimum Gasteiger partial charge on any atom is -0.490 e. The summed E-state index contributed by atoms with van der Waals surface area (Å²) in [5.74, 6) is -2.15. The summed E-state index contributed by atoms with van der Waals surface area (Å²) in [6.07, 6.45) is -6.37. The lowest BCUT2D eigenvalue weighted by Crippen LogP contribution is -2.45. The maximum atomic E-state index is 12.2. The van der Waals surface area contributed by atoms with Crippen LogP contribution in [0.5, 0.6) is 11.5 Å². The van der Waals surface area contributed by atoms with Crippen LogP contribution in [0.2, 0.25) is 0 Å². The van der Waals surface area contributed by atoms with Gasteiger partial charge in [0.15, 0.2) is 18.1 Å². The lowest BCUT2D eigenvalue weighted by Gasteiger charge is -2.17. The van der Waals surface area contributed by atoms with Crippen LogP contribution >= 0.6 is 0 Å². The van der Waals surface area contributed by atoms with Crippen LogP contribution < -0.4 is 14.8 Å². The minimum atomic E-state index is -4.71. The van der Waals surface area contributed by atoms with E-state index in [1.54, 1.807) is 30.4 Å². The molecule has 0 aliphatic rings. The summed E-state index contributed by atoms with van der Waals surface area (Å²) in [4.78, 5) is 22.3. The van der Waals surface area contributed by atoms with Crippen molar-refractivity contribution in [3.63, 3.8) is 0 Å². The van der Waals surface area contributed by atoms with E-state index in [9.17, 15) is 22.8 Å². The number of halogens is 3. The molecule has 1 unspecified atom stereocenters. The number of alkyl halides is 3. The molecule has 128 valence electrons. The van der Waals surface area contributed by atoms with Gasteiger partial charge in [0.1, 0.15) is 6.04 Å². The lowest BCUT2D eigenvalue weighted by atomic mass is 10.2. The van der Waals surface area contributed by atoms with Gasteiger partial charge in [-0.2, -0.15) is 13.2 Å². The molecule has 0 radical (unpaired) electrons. The molecular weight excluding hydrogens is 319 g/mol. The Bertz CT molecular complexity index is 547. The number of hydrogen-bond donors (Lipinski definition) is 2. The van der Waals surface area contributed by atoms with Gasteiger partial charge in [0.25, 0.3) is 5.91 Å². The van der Waals surface area contributed by atoms with Crippen molar-refractivity contribution in [3.8, 4) is 11.5 Å². The van der Waals surface area contributed by atoms with E-state index in [-0.39, 0.29) is 5.75 Å². The van der Waals surface area contributed by atoms with Crippen molar-refractivity contribution in [2.45, 2.75) is 25.6 Å². The zero-order valence-electron chi connectivity index (χ0n) is 12.2. The standard InChI is InChI=1S/C14H16F3NO5/c1-2-22-10-5-3-4-6-11(10)23-8-12(19)18-9(13(20)21)7-14(15,16)17/h3-6,9H,2,7-8H2,1H3,(H,18,19)(H,20,21). The number of hydrogen-bond acceptors (Lipinski definition) is 4. The van der Waals surface area contributed by atoms with Gasteiger partial charge in [0.2, 0.25) is 0 Å². The van der Waals surface area contributed by atoms with E-state index in [1.165, 1.54) is 6.07 Å². The molecule has 0 aromatic heterocycles. The molecule has 0 saturated heterocycles. The molecule has 0 bridgehead atoms. The molecule has 1 atom stereocenters. The number of aliphatic carboxylic acids is 1. The monoisotopic (exact) mass is 335 g/mol. The largest absolute Gasteiger partial charge is 0.490 e. The average molecular weight is 335 g/mol. The molecule has 0 aliphatic carbocycles. The van der Waals surface area contributed by atoms with E-state index in [4.69, 9.17) is 14.6 Å². The summed E-state index contributed by atoms with van der Waals surface area (Å²) in [5, 5.41) is 10.5. The highest BCUT2D eigenvalue weighted by atomic mass is 19.4. The van der Waals surface area contributed by atoms with E-state index >= 15 is 0 Å². The highest BCUT2D eigenvalue weighted by molar-refractivity contribution is 5.84. The van der Waals surface area contributed by atoms with Crippen LogP contribution in [0, 0.1) is 0 Å². The number of amides is 1. The molecule has 0 spiro atoms. The smallest absolute Gasteiger partial charge is 0.391 e. The fraction of sp³-hybridized carbons (Fsp3) is 0.429. The van der Waals surface area contributed by atoms with Gasteiger partial charge < -0.3 is 19.9 Å². The van der Waals surface area contributed by atoms with Crippen LogP contribution in [0.15, 0.2) is 24.3 Å². The summed E-state index contributed by atoms with van der Waals surface area (Å²) < 4.78 is 47.1. The molecular formula is C14H16F3NO5. The summed E-state index contributed by atoms with van der Waals surface area (Å²) in [6, 6.07) is 4.36. The number of carboxylic acids is 1.